The van der Waals surface area contributed by atoms with E-state index in [1.165, 1.54) is 4.70 Å². The number of rotatable bonds is 2. The van der Waals surface area contributed by atoms with Crippen molar-refractivity contribution in [1.82, 2.24) is 9.55 Å². The molecule has 0 bridgehead atoms. The Morgan fingerprint density at radius 1 is 1.42 bits per heavy atom. The summed E-state index contributed by atoms with van der Waals surface area (Å²) in [6, 6.07) is 7.83. The number of benzene rings is 1. The molecule has 0 fully saturated rings. The topological polar surface area (TPSA) is 72.9 Å². The molecular weight excluding hydrogens is 260 g/mol. The monoisotopic (exact) mass is 272 g/mol. The Bertz CT molecular complexity index is 759. The van der Waals surface area contributed by atoms with Crippen LogP contribution in [-0.2, 0) is 7.05 Å². The second-order valence-electron chi connectivity index (χ2n) is 4.23. The number of anilines is 2. The first-order valence-electron chi connectivity index (χ1n) is 5.71. The molecule has 3 N–H and O–H groups in total. The molecule has 6 heteroatoms. The lowest BCUT2D eigenvalue weighted by Gasteiger charge is -2.05. The summed E-state index contributed by atoms with van der Waals surface area (Å²) in [7, 11) is 1.74. The first-order chi connectivity index (χ1) is 9.13. The zero-order chi connectivity index (χ0) is 13.4. The summed E-state index contributed by atoms with van der Waals surface area (Å²) in [5, 5.41) is 5.96. The number of nitrogen functional groups attached to an aromatic ring is 1. The highest BCUT2D eigenvalue weighted by atomic mass is 32.1. The minimum absolute atomic E-state index is 0.270. The number of hydrogen-bond acceptors (Lipinski definition) is 4. The van der Waals surface area contributed by atoms with E-state index in [9.17, 15) is 4.79 Å². The summed E-state index contributed by atoms with van der Waals surface area (Å²) in [6.07, 6.45) is 1.61. The maximum Gasteiger partial charge on any atom is 0.291 e. The second-order valence-corrected chi connectivity index (χ2v) is 5.18. The van der Waals surface area contributed by atoms with Gasteiger partial charge in [0.15, 0.2) is 0 Å². The Morgan fingerprint density at radius 3 is 3.00 bits per heavy atom. The van der Waals surface area contributed by atoms with Gasteiger partial charge in [-0.1, -0.05) is 0 Å². The molecule has 3 aromatic rings. The molecule has 3 rings (SSSR count). The van der Waals surface area contributed by atoms with Crippen molar-refractivity contribution in [2.75, 3.05) is 11.1 Å². The Labute approximate surface area is 113 Å². The summed E-state index contributed by atoms with van der Waals surface area (Å²) >= 11 is 1.67. The van der Waals surface area contributed by atoms with Crippen molar-refractivity contribution in [2.24, 2.45) is 7.05 Å². The van der Waals surface area contributed by atoms with Crippen LogP contribution in [0.2, 0.25) is 0 Å². The number of hydrogen-bond donors (Lipinski definition) is 2. The van der Waals surface area contributed by atoms with Gasteiger partial charge in [-0.3, -0.25) is 4.79 Å². The highest BCUT2D eigenvalue weighted by Gasteiger charge is 2.13. The van der Waals surface area contributed by atoms with Crippen LogP contribution in [0.4, 0.5) is 11.5 Å². The van der Waals surface area contributed by atoms with Crippen molar-refractivity contribution >= 4 is 38.8 Å². The van der Waals surface area contributed by atoms with Crippen molar-refractivity contribution in [3.05, 3.63) is 41.7 Å². The molecule has 1 aromatic carbocycles. The van der Waals surface area contributed by atoms with Gasteiger partial charge in [0, 0.05) is 23.6 Å². The molecule has 96 valence electrons. The molecule has 2 aromatic heterocycles. The third-order valence-corrected chi connectivity index (χ3v) is 3.71. The summed E-state index contributed by atoms with van der Waals surface area (Å²) in [5.41, 5.74) is 6.31. The number of fused-ring (bicyclic) bond motifs is 1. The van der Waals surface area contributed by atoms with E-state index < -0.39 is 0 Å². The van der Waals surface area contributed by atoms with Crippen LogP contribution in [0.3, 0.4) is 0 Å². The largest absolute Gasteiger partial charge is 0.382 e. The van der Waals surface area contributed by atoms with E-state index in [0.717, 1.165) is 11.1 Å². The third kappa shape index (κ3) is 2.17. The third-order valence-electron chi connectivity index (χ3n) is 2.81. The normalized spacial score (nSPS) is 10.8. The lowest BCUT2D eigenvalue weighted by Crippen LogP contribution is -2.16. The van der Waals surface area contributed by atoms with Crippen molar-refractivity contribution in [3.63, 3.8) is 0 Å². The molecule has 5 nitrogen and oxygen atoms in total. The number of aryl methyl sites for hydroxylation is 1. The minimum atomic E-state index is -0.270. The van der Waals surface area contributed by atoms with Gasteiger partial charge in [-0.05, 0) is 35.0 Å². The maximum absolute atomic E-state index is 12.1. The number of carbonyl (C=O) groups excluding carboxylic acids is 1. The molecule has 0 aliphatic carbocycles. The van der Waals surface area contributed by atoms with E-state index >= 15 is 0 Å². The van der Waals surface area contributed by atoms with Crippen LogP contribution in [0, 0.1) is 0 Å². The first kappa shape index (κ1) is 11.7. The molecule has 0 unspecified atom stereocenters. The van der Waals surface area contributed by atoms with E-state index in [1.807, 2.05) is 29.6 Å². The molecule has 0 saturated carbocycles. The quantitative estimate of drug-likeness (QED) is 0.752. The van der Waals surface area contributed by atoms with Crippen molar-refractivity contribution < 1.29 is 4.79 Å². The summed E-state index contributed by atoms with van der Waals surface area (Å²) in [5.74, 6) is 0.359. The fraction of sp³-hybridized carbons (Fsp3) is 0.0769. The number of nitrogens with one attached hydrogen (secondary N) is 1. The second kappa shape index (κ2) is 4.40. The van der Waals surface area contributed by atoms with Crippen molar-refractivity contribution in [1.29, 1.82) is 0 Å². The number of carbonyl (C=O) groups is 1. The summed E-state index contributed by atoms with van der Waals surface area (Å²) < 4.78 is 2.80. The number of nitrogens with zero attached hydrogens (tertiary/aromatic N) is 2. The average Bonchev–Trinajstić information content (AvgIpc) is 2.94. The van der Waals surface area contributed by atoms with Gasteiger partial charge in [0.1, 0.15) is 5.82 Å². The molecule has 0 aliphatic heterocycles. The number of aromatic nitrogens is 2. The van der Waals surface area contributed by atoms with Gasteiger partial charge in [0.2, 0.25) is 5.82 Å². The Kier molecular flexibility index (Phi) is 2.72. The molecule has 1 amide bonds. The van der Waals surface area contributed by atoms with E-state index in [1.54, 1.807) is 29.1 Å². The molecule has 0 radical (unpaired) electrons. The Balaban J connectivity index is 1.88. The van der Waals surface area contributed by atoms with Gasteiger partial charge in [-0.2, -0.15) is 0 Å². The Hall–Kier alpha value is -2.34. The molecule has 0 spiro atoms. The predicted molar refractivity (Wildman–Crippen MR) is 77.4 cm³/mol. The number of thiophene rings is 1. The minimum Gasteiger partial charge on any atom is -0.382 e. The predicted octanol–water partition coefficient (Wildman–Crippen LogP) is 2.47. The van der Waals surface area contributed by atoms with Crippen LogP contribution in [0.15, 0.2) is 35.8 Å². The van der Waals surface area contributed by atoms with Gasteiger partial charge in [0.25, 0.3) is 5.91 Å². The lowest BCUT2D eigenvalue weighted by molar-refractivity contribution is 0.101. The van der Waals surface area contributed by atoms with E-state index in [4.69, 9.17) is 5.73 Å². The molecule has 2 heterocycles. The summed E-state index contributed by atoms with van der Waals surface area (Å²) in [4.78, 5) is 16.1. The zero-order valence-corrected chi connectivity index (χ0v) is 11.1. The molecule has 0 aliphatic rings. The first-order valence-corrected chi connectivity index (χ1v) is 6.59. The van der Waals surface area contributed by atoms with E-state index in [0.29, 0.717) is 11.6 Å². The fourth-order valence-corrected chi connectivity index (χ4v) is 2.70. The van der Waals surface area contributed by atoms with E-state index in [-0.39, 0.29) is 5.91 Å². The molecule has 19 heavy (non-hydrogen) atoms. The molecule has 0 saturated heterocycles. The van der Waals surface area contributed by atoms with Crippen molar-refractivity contribution in [2.45, 2.75) is 0 Å². The average molecular weight is 272 g/mol. The Morgan fingerprint density at radius 2 is 2.26 bits per heavy atom. The smallest absolute Gasteiger partial charge is 0.291 e. The standard InChI is InChI=1S/C13H12N4OS/c1-17-7-11(14)16-12(17)13(18)15-9-2-3-10-8(6-9)4-5-19-10/h2-7H,14H2,1H3,(H,15,18). The highest BCUT2D eigenvalue weighted by Crippen LogP contribution is 2.24. The van der Waals surface area contributed by atoms with E-state index in [2.05, 4.69) is 10.3 Å². The van der Waals surface area contributed by atoms with Crippen LogP contribution in [-0.4, -0.2) is 15.5 Å². The van der Waals surface area contributed by atoms with Gasteiger partial charge < -0.3 is 15.6 Å². The number of imidazole rings is 1. The van der Waals surface area contributed by atoms with Gasteiger partial charge >= 0.3 is 0 Å². The van der Waals surface area contributed by atoms with Crippen LogP contribution in [0.1, 0.15) is 10.6 Å². The SMILES string of the molecule is Cn1cc(N)nc1C(=O)Nc1ccc2sccc2c1. The molecular formula is C13H12N4OS. The van der Waals surface area contributed by atoms with Gasteiger partial charge in [0.05, 0.1) is 0 Å². The van der Waals surface area contributed by atoms with Crippen LogP contribution in [0.5, 0.6) is 0 Å². The highest BCUT2D eigenvalue weighted by molar-refractivity contribution is 7.17. The van der Waals surface area contributed by atoms with Gasteiger partial charge in [-0.25, -0.2) is 4.98 Å². The van der Waals surface area contributed by atoms with Crippen LogP contribution in [0.25, 0.3) is 10.1 Å². The lowest BCUT2D eigenvalue weighted by atomic mass is 10.2. The molecule has 0 atom stereocenters. The number of amides is 1. The van der Waals surface area contributed by atoms with Gasteiger partial charge in [-0.15, -0.1) is 11.3 Å². The maximum atomic E-state index is 12.1. The fourth-order valence-electron chi connectivity index (χ4n) is 1.93. The van der Waals surface area contributed by atoms with Crippen LogP contribution < -0.4 is 11.1 Å². The van der Waals surface area contributed by atoms with Crippen LogP contribution >= 0.6 is 11.3 Å². The summed E-state index contributed by atoms with van der Waals surface area (Å²) in [6.45, 7) is 0. The zero-order valence-electron chi connectivity index (χ0n) is 10.3. The van der Waals surface area contributed by atoms with Crippen molar-refractivity contribution in [3.8, 4) is 0 Å². The number of nitrogens with two attached hydrogens (primary N) is 1.